The van der Waals surface area contributed by atoms with E-state index in [1.54, 1.807) is 0 Å². The van der Waals surface area contributed by atoms with Crippen LogP contribution in [0.1, 0.15) is 49.4 Å². The van der Waals surface area contributed by atoms with Gasteiger partial charge in [-0.15, -0.1) is 0 Å². The molecule has 0 saturated carbocycles. The number of carbonyl (C=O) groups is 1. The molecule has 0 saturated heterocycles. The molecule has 1 atom stereocenters. The van der Waals surface area contributed by atoms with Gasteiger partial charge in [0.2, 0.25) is 5.91 Å². The third-order valence-electron chi connectivity index (χ3n) is 3.64. The highest BCUT2D eigenvalue weighted by atomic mass is 16.5. The fourth-order valence-corrected chi connectivity index (χ4v) is 2.48. The number of benzene rings is 1. The minimum atomic E-state index is -0.141. The number of aromatic nitrogens is 1. The highest BCUT2D eigenvalue weighted by molar-refractivity contribution is 5.79. The van der Waals surface area contributed by atoms with Gasteiger partial charge in [-0.3, -0.25) is 4.79 Å². The summed E-state index contributed by atoms with van der Waals surface area (Å²) in [6, 6.07) is 7.63. The quantitative estimate of drug-likeness (QED) is 0.886. The average molecular weight is 316 g/mol. The van der Waals surface area contributed by atoms with E-state index in [9.17, 15) is 4.79 Å². The van der Waals surface area contributed by atoms with Crippen molar-refractivity contribution in [2.75, 3.05) is 0 Å². The summed E-state index contributed by atoms with van der Waals surface area (Å²) in [7, 11) is 0. The van der Waals surface area contributed by atoms with Crippen LogP contribution in [0.3, 0.4) is 0 Å². The third-order valence-corrected chi connectivity index (χ3v) is 3.64. The highest BCUT2D eigenvalue weighted by Gasteiger charge is 2.18. The number of ether oxygens (including phenoxy) is 1. The number of rotatable bonds is 6. The molecule has 124 valence electrons. The lowest BCUT2D eigenvalue weighted by molar-refractivity contribution is -0.121. The van der Waals surface area contributed by atoms with Gasteiger partial charge in [0.05, 0.1) is 24.3 Å². The Morgan fingerprint density at radius 3 is 2.57 bits per heavy atom. The Labute approximate surface area is 137 Å². The first-order chi connectivity index (χ1) is 10.9. The van der Waals surface area contributed by atoms with Crippen LogP contribution in [-0.2, 0) is 11.2 Å². The van der Waals surface area contributed by atoms with Crippen LogP contribution >= 0.6 is 0 Å². The van der Waals surface area contributed by atoms with Crippen molar-refractivity contribution in [2.45, 2.75) is 53.2 Å². The average Bonchev–Trinajstić information content (AvgIpc) is 2.79. The molecule has 0 unspecified atom stereocenters. The maximum Gasteiger partial charge on any atom is 0.225 e. The Hall–Kier alpha value is -2.30. The van der Waals surface area contributed by atoms with Crippen LogP contribution in [0.5, 0.6) is 5.75 Å². The van der Waals surface area contributed by atoms with E-state index in [1.165, 1.54) is 0 Å². The monoisotopic (exact) mass is 316 g/mol. The van der Waals surface area contributed by atoms with E-state index in [4.69, 9.17) is 9.26 Å². The maximum absolute atomic E-state index is 12.3. The van der Waals surface area contributed by atoms with Gasteiger partial charge < -0.3 is 14.6 Å². The van der Waals surface area contributed by atoms with E-state index < -0.39 is 0 Å². The zero-order valence-corrected chi connectivity index (χ0v) is 14.3. The van der Waals surface area contributed by atoms with E-state index in [0.717, 1.165) is 22.6 Å². The zero-order valence-electron chi connectivity index (χ0n) is 14.3. The molecule has 0 aliphatic heterocycles. The number of aryl methyl sites for hydroxylation is 2. The molecule has 1 heterocycles. The summed E-state index contributed by atoms with van der Waals surface area (Å²) in [6.45, 7) is 9.58. The van der Waals surface area contributed by atoms with Gasteiger partial charge in [0.15, 0.2) is 0 Å². The molecule has 0 radical (unpaired) electrons. The van der Waals surface area contributed by atoms with Gasteiger partial charge in [0.25, 0.3) is 0 Å². The molecule has 1 N–H and O–H groups in total. The van der Waals surface area contributed by atoms with Crippen LogP contribution in [0.4, 0.5) is 0 Å². The molecule has 2 rings (SSSR count). The van der Waals surface area contributed by atoms with Gasteiger partial charge in [-0.2, -0.15) is 0 Å². The molecule has 23 heavy (non-hydrogen) atoms. The van der Waals surface area contributed by atoms with Crippen LogP contribution in [0.15, 0.2) is 28.8 Å². The largest absolute Gasteiger partial charge is 0.491 e. The zero-order chi connectivity index (χ0) is 17.0. The van der Waals surface area contributed by atoms with Crippen molar-refractivity contribution in [3.63, 3.8) is 0 Å². The van der Waals surface area contributed by atoms with Crippen molar-refractivity contribution in [2.24, 2.45) is 0 Å². The van der Waals surface area contributed by atoms with Crippen molar-refractivity contribution in [1.82, 2.24) is 10.5 Å². The van der Waals surface area contributed by atoms with Crippen LogP contribution in [-0.4, -0.2) is 17.2 Å². The van der Waals surface area contributed by atoms with E-state index in [2.05, 4.69) is 10.5 Å². The molecule has 0 fully saturated rings. The summed E-state index contributed by atoms with van der Waals surface area (Å²) in [5, 5.41) is 6.89. The Morgan fingerprint density at radius 1 is 1.26 bits per heavy atom. The Balaban J connectivity index is 2.07. The molecule has 5 heteroatoms. The molecule has 0 aliphatic rings. The number of amides is 1. The van der Waals surface area contributed by atoms with Crippen LogP contribution in [0, 0.1) is 13.8 Å². The summed E-state index contributed by atoms with van der Waals surface area (Å²) in [5.41, 5.74) is 2.57. The standard InChI is InChI=1S/C18H24N2O3/c1-11(2)22-17-9-7-6-8-15(17)12(3)19-18(21)10-16-13(4)20-23-14(16)5/h6-9,11-12H,10H2,1-5H3,(H,19,21)/t12-/m0/s1. The molecule has 0 bridgehead atoms. The third kappa shape index (κ3) is 4.34. The van der Waals surface area contributed by atoms with Gasteiger partial charge in [-0.25, -0.2) is 0 Å². The molecule has 1 amide bonds. The van der Waals surface area contributed by atoms with Crippen molar-refractivity contribution in [1.29, 1.82) is 0 Å². The lowest BCUT2D eigenvalue weighted by Gasteiger charge is -2.19. The smallest absolute Gasteiger partial charge is 0.225 e. The van der Waals surface area contributed by atoms with Crippen LogP contribution in [0.2, 0.25) is 0 Å². The first kappa shape index (κ1) is 17.1. The predicted molar refractivity (Wildman–Crippen MR) is 88.4 cm³/mol. The molecule has 1 aromatic carbocycles. The molecular formula is C18H24N2O3. The Morgan fingerprint density at radius 2 is 1.96 bits per heavy atom. The summed E-state index contributed by atoms with van der Waals surface area (Å²) < 4.78 is 10.9. The normalized spacial score (nSPS) is 12.3. The molecular weight excluding hydrogens is 292 g/mol. The fourth-order valence-electron chi connectivity index (χ4n) is 2.48. The molecule has 2 aromatic rings. The fraction of sp³-hybridized carbons (Fsp3) is 0.444. The minimum absolute atomic E-state index is 0.0637. The van der Waals surface area contributed by atoms with Crippen molar-refractivity contribution in [3.05, 3.63) is 46.8 Å². The van der Waals surface area contributed by atoms with Crippen LogP contribution in [0.25, 0.3) is 0 Å². The van der Waals surface area contributed by atoms with E-state index >= 15 is 0 Å². The van der Waals surface area contributed by atoms with E-state index in [0.29, 0.717) is 5.76 Å². The van der Waals surface area contributed by atoms with Crippen molar-refractivity contribution >= 4 is 5.91 Å². The van der Waals surface area contributed by atoms with Gasteiger partial charge >= 0.3 is 0 Å². The maximum atomic E-state index is 12.3. The number of carbonyl (C=O) groups excluding carboxylic acids is 1. The molecule has 0 spiro atoms. The van der Waals surface area contributed by atoms with E-state index in [1.807, 2.05) is 58.9 Å². The van der Waals surface area contributed by atoms with Crippen LogP contribution < -0.4 is 10.1 Å². The number of nitrogens with one attached hydrogen (secondary N) is 1. The van der Waals surface area contributed by atoms with E-state index in [-0.39, 0.29) is 24.5 Å². The minimum Gasteiger partial charge on any atom is -0.491 e. The summed E-state index contributed by atoms with van der Waals surface area (Å²) in [4.78, 5) is 12.3. The van der Waals surface area contributed by atoms with Crippen molar-refractivity contribution < 1.29 is 14.1 Å². The number of hydrogen-bond donors (Lipinski definition) is 1. The molecule has 0 aliphatic carbocycles. The molecule has 1 aromatic heterocycles. The lowest BCUT2D eigenvalue weighted by Crippen LogP contribution is -2.28. The van der Waals surface area contributed by atoms with Gasteiger partial charge in [0.1, 0.15) is 11.5 Å². The van der Waals surface area contributed by atoms with Gasteiger partial charge in [-0.05, 0) is 40.7 Å². The summed E-state index contributed by atoms with van der Waals surface area (Å²) in [5.74, 6) is 1.42. The summed E-state index contributed by atoms with van der Waals surface area (Å²) in [6.07, 6.45) is 0.347. The Kier molecular flexibility index (Phi) is 5.42. The van der Waals surface area contributed by atoms with Crippen molar-refractivity contribution in [3.8, 4) is 5.75 Å². The highest BCUT2D eigenvalue weighted by Crippen LogP contribution is 2.26. The SMILES string of the molecule is Cc1noc(C)c1CC(=O)N[C@@H](C)c1ccccc1OC(C)C. The number of nitrogens with zero attached hydrogens (tertiary/aromatic N) is 1. The lowest BCUT2D eigenvalue weighted by atomic mass is 10.1. The van der Waals surface area contributed by atoms with Gasteiger partial charge in [-0.1, -0.05) is 23.4 Å². The number of para-hydroxylation sites is 1. The first-order valence-corrected chi connectivity index (χ1v) is 7.85. The summed E-state index contributed by atoms with van der Waals surface area (Å²) >= 11 is 0. The predicted octanol–water partition coefficient (Wildman–Crippen LogP) is 3.50. The van der Waals surface area contributed by atoms with Gasteiger partial charge in [0, 0.05) is 11.1 Å². The number of hydrogen-bond acceptors (Lipinski definition) is 4. The Bertz CT molecular complexity index is 657. The molecule has 5 nitrogen and oxygen atoms in total. The first-order valence-electron chi connectivity index (χ1n) is 7.85. The second-order valence-electron chi connectivity index (χ2n) is 5.97. The topological polar surface area (TPSA) is 64.4 Å². The second-order valence-corrected chi connectivity index (χ2v) is 5.97. The second kappa shape index (κ2) is 7.31.